The molecule has 0 aliphatic carbocycles. The number of hydrogen-bond acceptors (Lipinski definition) is 2. The molecule has 5 aromatic rings. The fourth-order valence-electron chi connectivity index (χ4n) is 3.22. The number of nitrogens with zero attached hydrogens (tertiary/aromatic N) is 2. The molecule has 1 radical (unpaired) electrons. The summed E-state index contributed by atoms with van der Waals surface area (Å²) in [5.74, 6) is -0.888. The van der Waals surface area contributed by atoms with Crippen LogP contribution in [0.25, 0.3) is 33.6 Å². The maximum absolute atomic E-state index is 14.1. The molecular weight excluding hydrogens is 612 g/mol. The molecule has 3 aromatic carbocycles. The minimum atomic E-state index is -2.98. The molecule has 4 heteroatoms. The molecule has 2 heterocycles. The second-order valence-corrected chi connectivity index (χ2v) is 7.23. The zero-order valence-electron chi connectivity index (χ0n) is 26.4. The minimum absolute atomic E-state index is 0. The predicted molar refractivity (Wildman–Crippen MR) is 137 cm³/mol. The van der Waals surface area contributed by atoms with Gasteiger partial charge in [0.2, 0.25) is 0 Å². The van der Waals surface area contributed by atoms with E-state index in [9.17, 15) is 4.39 Å². The van der Waals surface area contributed by atoms with E-state index in [1.54, 1.807) is 42.6 Å². The van der Waals surface area contributed by atoms with Crippen LogP contribution >= 0.6 is 0 Å². The molecule has 0 spiro atoms. The van der Waals surface area contributed by atoms with Crippen molar-refractivity contribution in [3.05, 3.63) is 132 Å². The van der Waals surface area contributed by atoms with Crippen LogP contribution in [-0.4, -0.2) is 9.97 Å². The van der Waals surface area contributed by atoms with E-state index in [1.807, 2.05) is 36.4 Å². The van der Waals surface area contributed by atoms with E-state index >= 15 is 0 Å². The Balaban J connectivity index is 0.000000256. The Bertz CT molecular complexity index is 1630. The Labute approximate surface area is 231 Å². The van der Waals surface area contributed by atoms with Crippen LogP contribution in [0.15, 0.2) is 103 Å². The van der Waals surface area contributed by atoms with Gasteiger partial charge in [0.1, 0.15) is 5.82 Å². The molecule has 5 rings (SSSR count). The SMILES string of the molecule is [2H]C([2H])([2H])C([2H])([2H])c1cc(-c2ccnc(-c3[c-]cccc3)c2)ccc1F.[2H]C([2H])([2H])c1ccc(-c2[c-]cccc2)nc1.[Ir]. The minimum Gasteiger partial charge on any atom is -0.305 e. The number of aromatic nitrogens is 2. The third-order valence-electron chi connectivity index (χ3n) is 4.93. The van der Waals surface area contributed by atoms with E-state index in [2.05, 4.69) is 22.1 Å². The third-order valence-corrected chi connectivity index (χ3v) is 4.93. The molecule has 2 nitrogen and oxygen atoms in total. The van der Waals surface area contributed by atoms with Crippen molar-refractivity contribution in [3.63, 3.8) is 0 Å². The van der Waals surface area contributed by atoms with Gasteiger partial charge < -0.3 is 9.97 Å². The van der Waals surface area contributed by atoms with Gasteiger partial charge in [-0.2, -0.15) is 0 Å². The Morgan fingerprint density at radius 3 is 2.20 bits per heavy atom. The first kappa shape index (κ1) is 17.0. The fraction of sp³-hybridized carbons (Fsp3) is 0.0968. The van der Waals surface area contributed by atoms with Crippen molar-refractivity contribution >= 4 is 0 Å². The van der Waals surface area contributed by atoms with Gasteiger partial charge >= 0.3 is 0 Å². The van der Waals surface area contributed by atoms with Gasteiger partial charge in [-0.1, -0.05) is 31.1 Å². The van der Waals surface area contributed by atoms with Crippen LogP contribution in [0.5, 0.6) is 0 Å². The second kappa shape index (κ2) is 12.8. The van der Waals surface area contributed by atoms with E-state index in [0.717, 1.165) is 22.9 Å². The van der Waals surface area contributed by atoms with E-state index in [0.29, 0.717) is 16.8 Å². The van der Waals surface area contributed by atoms with Crippen LogP contribution in [0.4, 0.5) is 4.39 Å². The topological polar surface area (TPSA) is 25.8 Å². The Morgan fingerprint density at radius 1 is 0.829 bits per heavy atom. The maximum Gasteiger partial charge on any atom is 0.126 e. The van der Waals surface area contributed by atoms with E-state index in [4.69, 9.17) is 11.0 Å². The standard InChI is InChI=1S/C19H15FN.C12H10N.Ir/c1-2-14-12-16(8-9-18(14)20)17-10-11-21-19(13-17)15-6-4-3-5-7-15;1-10-7-8-12(13-9-10)11-5-3-2-4-6-11;/h3-6,8-13H,2H2,1H3;2-5,7-9H,1H3;/q2*-1;/i1D3,2D2;1D3;. The molecule has 0 aliphatic heterocycles. The van der Waals surface area contributed by atoms with Gasteiger partial charge in [0.05, 0.1) is 0 Å². The Kier molecular flexibility index (Phi) is 6.26. The van der Waals surface area contributed by atoms with E-state index in [1.165, 1.54) is 18.3 Å². The summed E-state index contributed by atoms with van der Waals surface area (Å²) in [5, 5.41) is 0. The number of halogens is 1. The van der Waals surface area contributed by atoms with Crippen LogP contribution < -0.4 is 0 Å². The molecule has 0 fully saturated rings. The number of benzene rings is 3. The summed E-state index contributed by atoms with van der Waals surface area (Å²) >= 11 is 0. The smallest absolute Gasteiger partial charge is 0.126 e. The summed E-state index contributed by atoms with van der Waals surface area (Å²) in [6.45, 7) is -5.07. The van der Waals surface area contributed by atoms with Gasteiger partial charge in [0, 0.05) is 43.5 Å². The van der Waals surface area contributed by atoms with Crippen molar-refractivity contribution in [3.8, 4) is 33.6 Å². The van der Waals surface area contributed by atoms with Crippen molar-refractivity contribution < 1.29 is 35.5 Å². The van der Waals surface area contributed by atoms with Crippen LogP contribution in [0.2, 0.25) is 0 Å². The van der Waals surface area contributed by atoms with Gasteiger partial charge in [-0.3, -0.25) is 0 Å². The average molecular weight is 645 g/mol. The van der Waals surface area contributed by atoms with Crippen molar-refractivity contribution in [1.82, 2.24) is 9.97 Å². The zero-order chi connectivity index (χ0) is 30.5. The van der Waals surface area contributed by atoms with Gasteiger partial charge in [-0.15, -0.1) is 71.8 Å². The largest absolute Gasteiger partial charge is 0.305 e. The van der Waals surface area contributed by atoms with Gasteiger partial charge in [0.15, 0.2) is 0 Å². The predicted octanol–water partition coefficient (Wildman–Crippen LogP) is 7.77. The summed E-state index contributed by atoms with van der Waals surface area (Å²) in [6, 6.07) is 31.5. The average Bonchev–Trinajstić information content (AvgIpc) is 2.98. The van der Waals surface area contributed by atoms with E-state index in [-0.39, 0.29) is 25.7 Å². The third kappa shape index (κ3) is 7.02. The Hall–Kier alpha value is -3.46. The van der Waals surface area contributed by atoms with Gasteiger partial charge in [-0.25, -0.2) is 4.39 Å². The van der Waals surface area contributed by atoms with Crippen molar-refractivity contribution in [2.45, 2.75) is 20.1 Å². The first-order chi connectivity index (χ1) is 19.8. The van der Waals surface area contributed by atoms with Gasteiger partial charge in [0.25, 0.3) is 0 Å². The molecule has 0 aliphatic rings. The molecule has 0 bridgehead atoms. The zero-order valence-corrected chi connectivity index (χ0v) is 20.8. The van der Waals surface area contributed by atoms with Crippen molar-refractivity contribution in [2.24, 2.45) is 0 Å². The van der Waals surface area contributed by atoms with Crippen LogP contribution in [0.1, 0.15) is 28.9 Å². The Morgan fingerprint density at radius 2 is 1.57 bits per heavy atom. The van der Waals surface area contributed by atoms with Crippen LogP contribution in [-0.2, 0) is 26.5 Å². The number of pyridine rings is 2. The van der Waals surface area contributed by atoms with Gasteiger partial charge in [-0.05, 0) is 65.1 Å². The molecule has 0 saturated heterocycles. The summed E-state index contributed by atoms with van der Waals surface area (Å²) in [4.78, 5) is 8.42. The van der Waals surface area contributed by atoms with Crippen molar-refractivity contribution in [1.29, 1.82) is 0 Å². The first-order valence-corrected chi connectivity index (χ1v) is 10.4. The summed E-state index contributed by atoms with van der Waals surface area (Å²) in [6.07, 6.45) is 0.187. The normalized spacial score (nSPS) is 14.5. The maximum atomic E-state index is 14.1. The van der Waals surface area contributed by atoms with Crippen LogP contribution in [0.3, 0.4) is 0 Å². The van der Waals surface area contributed by atoms with Crippen molar-refractivity contribution in [2.75, 3.05) is 0 Å². The molecule has 0 unspecified atom stereocenters. The quantitative estimate of drug-likeness (QED) is 0.187. The molecule has 0 saturated carbocycles. The molecule has 35 heavy (non-hydrogen) atoms. The molecule has 0 atom stereocenters. The summed E-state index contributed by atoms with van der Waals surface area (Å²) < 4.78 is 73.6. The van der Waals surface area contributed by atoms with E-state index < -0.39 is 31.5 Å². The summed E-state index contributed by atoms with van der Waals surface area (Å²) in [7, 11) is 0. The molecule has 177 valence electrons. The monoisotopic (exact) mass is 645 g/mol. The number of rotatable bonds is 4. The fourth-order valence-corrected chi connectivity index (χ4v) is 3.22. The van der Waals surface area contributed by atoms with Crippen LogP contribution in [0, 0.1) is 24.8 Å². The number of aryl methyl sites for hydroxylation is 2. The second-order valence-electron chi connectivity index (χ2n) is 7.23. The molecule has 2 aromatic heterocycles. The molecule has 0 amide bonds. The molecule has 0 N–H and O–H groups in total. The first-order valence-electron chi connectivity index (χ1n) is 14.4. The molecular formula is C31H25FIrN2-2. The summed E-state index contributed by atoms with van der Waals surface area (Å²) in [5.41, 5.74) is 3.99. The number of hydrogen-bond donors (Lipinski definition) is 0.